The average Bonchev–Trinajstić information content (AvgIpc) is 2.68. The lowest BCUT2D eigenvalue weighted by molar-refractivity contribution is -0.160. The molecule has 148 valence electrons. The average molecular weight is 406 g/mol. The lowest BCUT2D eigenvalue weighted by Gasteiger charge is -2.25. The molecule has 1 heterocycles. The van der Waals surface area contributed by atoms with Crippen molar-refractivity contribution >= 4 is 23.5 Å². The van der Waals surface area contributed by atoms with Crippen molar-refractivity contribution in [2.45, 2.75) is 25.9 Å². The molecule has 1 aliphatic rings. The first-order valence-electron chi connectivity index (χ1n) is 9.06. The SMILES string of the molecule is C[C@@H](OC(=O)[C@@H]1COc2ccc(Cl)cc2C1)C(=O)NCCc1ccc(F)cc1. The molecule has 0 radical (unpaired) electrons. The summed E-state index contributed by atoms with van der Waals surface area (Å²) in [7, 11) is 0. The molecule has 0 fully saturated rings. The lowest BCUT2D eigenvalue weighted by atomic mass is 9.97. The number of nitrogens with one attached hydrogen (secondary N) is 1. The van der Waals surface area contributed by atoms with E-state index in [1.165, 1.54) is 19.1 Å². The number of halogens is 2. The van der Waals surface area contributed by atoms with Crippen LogP contribution in [0, 0.1) is 11.7 Å². The van der Waals surface area contributed by atoms with E-state index >= 15 is 0 Å². The molecule has 1 amide bonds. The number of esters is 1. The van der Waals surface area contributed by atoms with Crippen LogP contribution in [0.3, 0.4) is 0 Å². The predicted molar refractivity (Wildman–Crippen MR) is 103 cm³/mol. The van der Waals surface area contributed by atoms with E-state index in [2.05, 4.69) is 5.32 Å². The van der Waals surface area contributed by atoms with Crippen molar-refractivity contribution in [2.24, 2.45) is 5.92 Å². The van der Waals surface area contributed by atoms with Gasteiger partial charge in [-0.25, -0.2) is 4.39 Å². The molecule has 5 nitrogen and oxygen atoms in total. The van der Waals surface area contributed by atoms with Crippen LogP contribution in [0.2, 0.25) is 5.02 Å². The van der Waals surface area contributed by atoms with Crippen LogP contribution in [-0.2, 0) is 27.2 Å². The third-order valence-corrected chi connectivity index (χ3v) is 4.79. The Labute approximate surface area is 167 Å². The first-order chi connectivity index (χ1) is 13.4. The van der Waals surface area contributed by atoms with Crippen LogP contribution < -0.4 is 10.1 Å². The first kappa shape index (κ1) is 20.1. The zero-order valence-electron chi connectivity index (χ0n) is 15.4. The first-order valence-corrected chi connectivity index (χ1v) is 9.44. The Morgan fingerprint density at radius 2 is 2.04 bits per heavy atom. The standard InChI is InChI=1S/C21H21ClFNO4/c1-13(20(25)24-9-8-14-2-5-18(23)6-3-14)28-21(26)16-10-15-11-17(22)4-7-19(15)27-12-16/h2-7,11,13,16H,8-10,12H2,1H3,(H,24,25)/t13-,16+/m1/s1. The van der Waals surface area contributed by atoms with Crippen molar-refractivity contribution in [1.82, 2.24) is 5.32 Å². The highest BCUT2D eigenvalue weighted by Gasteiger charge is 2.29. The molecule has 0 unspecified atom stereocenters. The second-order valence-electron chi connectivity index (χ2n) is 6.71. The fourth-order valence-electron chi connectivity index (χ4n) is 2.96. The van der Waals surface area contributed by atoms with Gasteiger partial charge in [-0.3, -0.25) is 9.59 Å². The highest BCUT2D eigenvalue weighted by atomic mass is 35.5. The van der Waals surface area contributed by atoms with E-state index < -0.39 is 18.0 Å². The minimum absolute atomic E-state index is 0.201. The van der Waals surface area contributed by atoms with E-state index in [4.69, 9.17) is 21.1 Å². The number of carbonyl (C=O) groups excluding carboxylic acids is 2. The second-order valence-corrected chi connectivity index (χ2v) is 7.15. The third kappa shape index (κ3) is 5.23. The van der Waals surface area contributed by atoms with Gasteiger partial charge in [0, 0.05) is 11.6 Å². The monoisotopic (exact) mass is 405 g/mol. The number of hydrogen-bond acceptors (Lipinski definition) is 4. The van der Waals surface area contributed by atoms with Crippen LogP contribution in [0.25, 0.3) is 0 Å². The summed E-state index contributed by atoms with van der Waals surface area (Å²) >= 11 is 5.99. The summed E-state index contributed by atoms with van der Waals surface area (Å²) in [5.74, 6) is -0.937. The molecule has 0 bridgehead atoms. The number of hydrogen-bond donors (Lipinski definition) is 1. The second kappa shape index (κ2) is 9.06. The molecule has 1 aliphatic heterocycles. The third-order valence-electron chi connectivity index (χ3n) is 4.55. The van der Waals surface area contributed by atoms with Crippen molar-refractivity contribution in [2.75, 3.05) is 13.2 Å². The number of amides is 1. The maximum Gasteiger partial charge on any atom is 0.313 e. The molecule has 7 heteroatoms. The Balaban J connectivity index is 1.45. The molecule has 28 heavy (non-hydrogen) atoms. The van der Waals surface area contributed by atoms with Gasteiger partial charge in [0.05, 0.1) is 5.92 Å². The van der Waals surface area contributed by atoms with Crippen molar-refractivity contribution < 1.29 is 23.5 Å². The molecule has 2 aromatic carbocycles. The minimum atomic E-state index is -0.915. The van der Waals surface area contributed by atoms with Crippen molar-refractivity contribution in [3.05, 3.63) is 64.4 Å². The van der Waals surface area contributed by atoms with Crippen LogP contribution in [0.1, 0.15) is 18.1 Å². The Morgan fingerprint density at radius 1 is 1.29 bits per heavy atom. The Hall–Kier alpha value is -2.60. The van der Waals surface area contributed by atoms with E-state index in [0.29, 0.717) is 30.2 Å². The van der Waals surface area contributed by atoms with E-state index in [-0.39, 0.29) is 18.3 Å². The van der Waals surface area contributed by atoms with Crippen LogP contribution >= 0.6 is 11.6 Å². The molecule has 1 N–H and O–H groups in total. The van der Waals surface area contributed by atoms with Crippen LogP contribution in [-0.4, -0.2) is 31.1 Å². The molecule has 0 spiro atoms. The summed E-state index contributed by atoms with van der Waals surface area (Å²) in [4.78, 5) is 24.5. The maximum absolute atomic E-state index is 12.9. The molecule has 3 rings (SSSR count). The van der Waals surface area contributed by atoms with E-state index in [9.17, 15) is 14.0 Å². The summed E-state index contributed by atoms with van der Waals surface area (Å²) in [6, 6.07) is 11.4. The largest absolute Gasteiger partial charge is 0.492 e. The van der Waals surface area contributed by atoms with Gasteiger partial charge in [0.25, 0.3) is 5.91 Å². The lowest BCUT2D eigenvalue weighted by Crippen LogP contribution is -2.39. The topological polar surface area (TPSA) is 64.6 Å². The number of fused-ring (bicyclic) bond motifs is 1. The molecular formula is C21H21ClFNO4. The smallest absolute Gasteiger partial charge is 0.313 e. The molecular weight excluding hydrogens is 385 g/mol. The Bertz CT molecular complexity index is 856. The summed E-state index contributed by atoms with van der Waals surface area (Å²) in [5.41, 5.74) is 1.75. The molecule has 0 aromatic heterocycles. The van der Waals surface area contributed by atoms with Crippen LogP contribution in [0.5, 0.6) is 5.75 Å². The van der Waals surface area contributed by atoms with Gasteiger partial charge in [-0.05, 0) is 61.2 Å². The molecule has 0 saturated carbocycles. The fraction of sp³-hybridized carbons (Fsp3) is 0.333. The fourth-order valence-corrected chi connectivity index (χ4v) is 3.16. The van der Waals surface area contributed by atoms with Gasteiger partial charge in [-0.15, -0.1) is 0 Å². The highest BCUT2D eigenvalue weighted by molar-refractivity contribution is 6.30. The van der Waals surface area contributed by atoms with E-state index in [1.54, 1.807) is 30.3 Å². The summed E-state index contributed by atoms with van der Waals surface area (Å²) < 4.78 is 23.8. The summed E-state index contributed by atoms with van der Waals surface area (Å²) in [5, 5.41) is 3.29. The molecule has 0 aliphatic carbocycles. The molecule has 2 aromatic rings. The van der Waals surface area contributed by atoms with Gasteiger partial charge in [0.2, 0.25) is 0 Å². The highest BCUT2D eigenvalue weighted by Crippen LogP contribution is 2.30. The van der Waals surface area contributed by atoms with Gasteiger partial charge in [0.15, 0.2) is 6.10 Å². The van der Waals surface area contributed by atoms with E-state index in [0.717, 1.165) is 11.1 Å². The van der Waals surface area contributed by atoms with Gasteiger partial charge < -0.3 is 14.8 Å². The quantitative estimate of drug-likeness (QED) is 0.749. The Morgan fingerprint density at radius 3 is 2.79 bits per heavy atom. The summed E-state index contributed by atoms with van der Waals surface area (Å²) in [6.07, 6.45) is 0.0930. The normalized spacial score (nSPS) is 16.5. The van der Waals surface area contributed by atoms with Crippen LogP contribution in [0.15, 0.2) is 42.5 Å². The molecule has 0 saturated heterocycles. The Kier molecular flexibility index (Phi) is 6.52. The molecule has 2 atom stereocenters. The predicted octanol–water partition coefficient (Wildman–Crippen LogP) is 3.32. The summed E-state index contributed by atoms with van der Waals surface area (Å²) in [6.45, 7) is 2.09. The minimum Gasteiger partial charge on any atom is -0.492 e. The number of carbonyl (C=O) groups is 2. The van der Waals surface area contributed by atoms with Gasteiger partial charge in [-0.1, -0.05) is 23.7 Å². The van der Waals surface area contributed by atoms with Crippen molar-refractivity contribution in [3.8, 4) is 5.75 Å². The number of ether oxygens (including phenoxy) is 2. The van der Waals surface area contributed by atoms with Gasteiger partial charge in [-0.2, -0.15) is 0 Å². The maximum atomic E-state index is 12.9. The van der Waals surface area contributed by atoms with E-state index in [1.807, 2.05) is 0 Å². The van der Waals surface area contributed by atoms with Crippen LogP contribution in [0.4, 0.5) is 4.39 Å². The van der Waals surface area contributed by atoms with Crippen molar-refractivity contribution in [3.63, 3.8) is 0 Å². The number of benzene rings is 2. The van der Waals surface area contributed by atoms with Crippen molar-refractivity contribution in [1.29, 1.82) is 0 Å². The van der Waals surface area contributed by atoms with Gasteiger partial charge in [0.1, 0.15) is 18.2 Å². The van der Waals surface area contributed by atoms with Gasteiger partial charge >= 0.3 is 5.97 Å². The zero-order valence-corrected chi connectivity index (χ0v) is 16.2. The number of rotatable bonds is 6. The zero-order chi connectivity index (χ0) is 20.1.